The number of carbonyl (C=O) groups is 1. The number of nitrogens with zero attached hydrogens (tertiary/aromatic N) is 1. The van der Waals surface area contributed by atoms with Crippen molar-refractivity contribution in [3.05, 3.63) is 64.6 Å². The number of hydrogen-bond acceptors (Lipinski definition) is 2. The van der Waals surface area contributed by atoms with E-state index < -0.39 is 0 Å². The standard InChI is InChI=1S/C22H22BrCl2NO2/c23-15-8-6-14(7-9-15)13-28-21-11-16(24)10-20(21)26(17-4-2-1-3-5-17)22(27)18-12-19(18)25/h1-9,16,18-21H,10-13H2. The minimum absolute atomic E-state index is 0.00932. The second-order valence-electron chi connectivity index (χ2n) is 7.51. The number of benzene rings is 2. The Labute approximate surface area is 184 Å². The Balaban J connectivity index is 1.54. The average Bonchev–Trinajstić information content (AvgIpc) is 3.32. The molecule has 2 fully saturated rings. The van der Waals surface area contributed by atoms with Crippen LogP contribution in [-0.4, -0.2) is 28.8 Å². The van der Waals surface area contributed by atoms with Gasteiger partial charge in [-0.25, -0.2) is 0 Å². The SMILES string of the molecule is O=C(C1CC1Cl)N(c1ccccc1)C1CC(Cl)CC1OCc1ccc(Br)cc1. The number of ether oxygens (including phenoxy) is 1. The second-order valence-corrected chi connectivity index (χ2v) is 9.61. The van der Waals surface area contributed by atoms with Gasteiger partial charge >= 0.3 is 0 Å². The molecule has 0 N–H and O–H groups in total. The molecule has 2 aliphatic rings. The number of carbonyl (C=O) groups excluding carboxylic acids is 1. The van der Waals surface area contributed by atoms with E-state index in [1.807, 2.05) is 59.5 Å². The van der Waals surface area contributed by atoms with Crippen LogP contribution in [-0.2, 0) is 16.1 Å². The van der Waals surface area contributed by atoms with E-state index in [9.17, 15) is 4.79 Å². The largest absolute Gasteiger partial charge is 0.371 e. The van der Waals surface area contributed by atoms with E-state index in [0.29, 0.717) is 13.0 Å². The van der Waals surface area contributed by atoms with Crippen LogP contribution in [0, 0.1) is 5.92 Å². The number of hydrogen-bond donors (Lipinski definition) is 0. The van der Waals surface area contributed by atoms with Crippen LogP contribution in [0.5, 0.6) is 0 Å². The van der Waals surface area contributed by atoms with Gasteiger partial charge in [-0.05, 0) is 49.1 Å². The summed E-state index contributed by atoms with van der Waals surface area (Å²) in [5.41, 5.74) is 1.98. The Morgan fingerprint density at radius 3 is 2.36 bits per heavy atom. The van der Waals surface area contributed by atoms with Crippen LogP contribution in [0.25, 0.3) is 0 Å². The molecule has 0 bridgehead atoms. The molecule has 0 spiro atoms. The average molecular weight is 483 g/mol. The molecule has 4 rings (SSSR count). The number of anilines is 1. The fraction of sp³-hybridized carbons (Fsp3) is 0.409. The van der Waals surface area contributed by atoms with Crippen molar-refractivity contribution in [2.45, 2.75) is 48.8 Å². The van der Waals surface area contributed by atoms with Gasteiger partial charge in [-0.2, -0.15) is 0 Å². The summed E-state index contributed by atoms with van der Waals surface area (Å²) >= 11 is 16.2. The summed E-state index contributed by atoms with van der Waals surface area (Å²) < 4.78 is 7.30. The van der Waals surface area contributed by atoms with Crippen LogP contribution in [0.1, 0.15) is 24.8 Å². The van der Waals surface area contributed by atoms with E-state index in [2.05, 4.69) is 15.9 Å². The summed E-state index contributed by atoms with van der Waals surface area (Å²) in [5.74, 6) is -0.0254. The first-order valence-electron chi connectivity index (χ1n) is 9.55. The molecule has 5 unspecified atom stereocenters. The monoisotopic (exact) mass is 481 g/mol. The summed E-state index contributed by atoms with van der Waals surface area (Å²) in [6.45, 7) is 0.496. The highest BCUT2D eigenvalue weighted by Crippen LogP contribution is 2.42. The van der Waals surface area contributed by atoms with Crippen LogP contribution in [0.2, 0.25) is 0 Å². The number of rotatable bonds is 6. The van der Waals surface area contributed by atoms with Gasteiger partial charge in [-0.15, -0.1) is 23.2 Å². The molecule has 28 heavy (non-hydrogen) atoms. The van der Waals surface area contributed by atoms with E-state index in [1.165, 1.54) is 0 Å². The van der Waals surface area contributed by atoms with Crippen LogP contribution in [0.15, 0.2) is 59.1 Å². The van der Waals surface area contributed by atoms with Crippen molar-refractivity contribution >= 4 is 50.7 Å². The van der Waals surface area contributed by atoms with Gasteiger partial charge in [0.2, 0.25) is 5.91 Å². The van der Waals surface area contributed by atoms with Gasteiger partial charge in [-0.3, -0.25) is 4.79 Å². The zero-order valence-electron chi connectivity index (χ0n) is 15.3. The smallest absolute Gasteiger partial charge is 0.231 e. The molecule has 2 aromatic carbocycles. The van der Waals surface area contributed by atoms with Gasteiger partial charge in [0, 0.05) is 20.9 Å². The first-order valence-corrected chi connectivity index (χ1v) is 11.2. The van der Waals surface area contributed by atoms with Crippen molar-refractivity contribution in [1.82, 2.24) is 0 Å². The Morgan fingerprint density at radius 2 is 1.71 bits per heavy atom. The quantitative estimate of drug-likeness (QED) is 0.489. The number of para-hydroxylation sites is 1. The van der Waals surface area contributed by atoms with Crippen molar-refractivity contribution < 1.29 is 9.53 Å². The van der Waals surface area contributed by atoms with Crippen LogP contribution < -0.4 is 4.90 Å². The predicted octanol–water partition coefficient (Wildman–Crippen LogP) is 5.76. The lowest BCUT2D eigenvalue weighted by Crippen LogP contribution is -2.46. The summed E-state index contributed by atoms with van der Waals surface area (Å²) in [6, 6.07) is 17.8. The van der Waals surface area contributed by atoms with E-state index in [0.717, 1.165) is 28.6 Å². The third kappa shape index (κ3) is 4.56. The molecular weight excluding hydrogens is 461 g/mol. The first kappa shape index (κ1) is 20.2. The minimum Gasteiger partial charge on any atom is -0.371 e. The van der Waals surface area contributed by atoms with Gasteiger partial charge in [0.15, 0.2) is 0 Å². The third-order valence-corrected chi connectivity index (χ3v) is 6.79. The van der Waals surface area contributed by atoms with E-state index in [1.54, 1.807) is 0 Å². The van der Waals surface area contributed by atoms with E-state index >= 15 is 0 Å². The molecule has 6 heteroatoms. The molecule has 1 amide bonds. The Morgan fingerprint density at radius 1 is 1.04 bits per heavy atom. The molecule has 3 nitrogen and oxygen atoms in total. The van der Waals surface area contributed by atoms with E-state index in [4.69, 9.17) is 27.9 Å². The normalized spacial score (nSPS) is 28.9. The van der Waals surface area contributed by atoms with Gasteiger partial charge in [-0.1, -0.05) is 46.3 Å². The van der Waals surface area contributed by atoms with Crippen LogP contribution in [0.4, 0.5) is 5.69 Å². The molecule has 0 aliphatic heterocycles. The molecule has 2 aromatic rings. The zero-order valence-corrected chi connectivity index (χ0v) is 18.4. The summed E-state index contributed by atoms with van der Waals surface area (Å²) in [6.07, 6.45) is 2.08. The number of alkyl halides is 2. The highest BCUT2D eigenvalue weighted by Gasteiger charge is 2.48. The topological polar surface area (TPSA) is 29.5 Å². The molecule has 0 heterocycles. The third-order valence-electron chi connectivity index (χ3n) is 5.43. The number of halogens is 3. The van der Waals surface area contributed by atoms with E-state index in [-0.39, 0.29) is 34.7 Å². The minimum atomic E-state index is -0.108. The zero-order chi connectivity index (χ0) is 19.7. The Hall–Kier alpha value is -1.07. The first-order chi connectivity index (χ1) is 13.5. The maximum absolute atomic E-state index is 13.2. The summed E-state index contributed by atoms with van der Waals surface area (Å²) in [4.78, 5) is 15.1. The second kappa shape index (κ2) is 8.74. The van der Waals surface area contributed by atoms with Crippen molar-refractivity contribution in [2.75, 3.05) is 4.90 Å². The lowest BCUT2D eigenvalue weighted by atomic mass is 10.1. The van der Waals surface area contributed by atoms with Crippen molar-refractivity contribution in [1.29, 1.82) is 0 Å². The molecule has 5 atom stereocenters. The molecule has 0 saturated heterocycles. The Bertz CT molecular complexity index is 817. The molecule has 0 aromatic heterocycles. The predicted molar refractivity (Wildman–Crippen MR) is 117 cm³/mol. The lowest BCUT2D eigenvalue weighted by molar-refractivity contribution is -0.121. The van der Waals surface area contributed by atoms with Crippen LogP contribution in [0.3, 0.4) is 0 Å². The molecule has 0 radical (unpaired) electrons. The molecular formula is C22H22BrCl2NO2. The molecule has 148 valence electrons. The van der Waals surface area contributed by atoms with Crippen molar-refractivity contribution in [2.24, 2.45) is 5.92 Å². The molecule has 2 saturated carbocycles. The highest BCUT2D eigenvalue weighted by molar-refractivity contribution is 9.10. The lowest BCUT2D eigenvalue weighted by Gasteiger charge is -2.33. The summed E-state index contributed by atoms with van der Waals surface area (Å²) in [7, 11) is 0. The van der Waals surface area contributed by atoms with Crippen molar-refractivity contribution in [3.63, 3.8) is 0 Å². The van der Waals surface area contributed by atoms with Gasteiger partial charge in [0.25, 0.3) is 0 Å². The van der Waals surface area contributed by atoms with Gasteiger partial charge < -0.3 is 9.64 Å². The highest BCUT2D eigenvalue weighted by atomic mass is 79.9. The maximum atomic E-state index is 13.2. The van der Waals surface area contributed by atoms with Gasteiger partial charge in [0.05, 0.1) is 24.7 Å². The van der Waals surface area contributed by atoms with Crippen LogP contribution >= 0.6 is 39.1 Å². The summed E-state index contributed by atoms with van der Waals surface area (Å²) in [5, 5.41) is -0.0704. The molecule has 2 aliphatic carbocycles. The van der Waals surface area contributed by atoms with Gasteiger partial charge in [0.1, 0.15) is 0 Å². The van der Waals surface area contributed by atoms with Crippen molar-refractivity contribution in [3.8, 4) is 0 Å². The fourth-order valence-electron chi connectivity index (χ4n) is 3.82. The number of amides is 1. The fourth-order valence-corrected chi connectivity index (χ4v) is 4.75. The maximum Gasteiger partial charge on any atom is 0.231 e. The Kier molecular flexibility index (Phi) is 6.31.